The van der Waals surface area contributed by atoms with Crippen molar-refractivity contribution in [1.29, 1.82) is 0 Å². The second-order valence-electron chi connectivity index (χ2n) is 8.85. The van der Waals surface area contributed by atoms with Gasteiger partial charge in [0.15, 0.2) is 0 Å². The highest BCUT2D eigenvalue weighted by Crippen LogP contribution is 2.28. The van der Waals surface area contributed by atoms with E-state index in [4.69, 9.17) is 16.3 Å². The fourth-order valence-corrected chi connectivity index (χ4v) is 6.14. The molecule has 0 radical (unpaired) electrons. The Kier molecular flexibility index (Phi) is 12.2. The normalized spacial score (nSPS) is 15.6. The lowest BCUT2D eigenvalue weighted by Crippen LogP contribution is -2.38. The van der Waals surface area contributed by atoms with Crippen molar-refractivity contribution in [1.82, 2.24) is 9.21 Å². The first-order valence-electron chi connectivity index (χ1n) is 12.1. The summed E-state index contributed by atoms with van der Waals surface area (Å²) >= 11 is 5.99. The molecule has 1 aliphatic rings. The maximum absolute atomic E-state index is 13.5. The molecule has 2 aromatic rings. The molecule has 0 aliphatic carbocycles. The number of nitrogens with zero attached hydrogens (tertiary/aromatic N) is 2. The number of halogens is 2. The Morgan fingerprint density at radius 2 is 1.74 bits per heavy atom. The average molecular weight is 530 g/mol. The number of benzene rings is 2. The van der Waals surface area contributed by atoms with Gasteiger partial charge in [0.05, 0.1) is 11.5 Å². The first-order chi connectivity index (χ1) is 15.9. The lowest BCUT2D eigenvalue weighted by molar-refractivity contribution is 0.204. The summed E-state index contributed by atoms with van der Waals surface area (Å²) in [4.78, 5) is 2.76. The second kappa shape index (κ2) is 14.3. The van der Waals surface area contributed by atoms with Crippen LogP contribution in [0.3, 0.4) is 0 Å². The van der Waals surface area contributed by atoms with Crippen molar-refractivity contribution in [2.75, 3.05) is 26.2 Å². The topological polar surface area (TPSA) is 49.9 Å². The summed E-state index contributed by atoms with van der Waals surface area (Å²) in [6.07, 6.45) is 6.57. The zero-order chi connectivity index (χ0) is 23.7. The summed E-state index contributed by atoms with van der Waals surface area (Å²) in [5, 5.41) is 0.519. The number of ether oxygens (including phenoxy) is 1. The second-order valence-corrected chi connectivity index (χ2v) is 11.2. The molecule has 2 aromatic carbocycles. The third-order valence-corrected chi connectivity index (χ3v) is 8.47. The van der Waals surface area contributed by atoms with Crippen LogP contribution < -0.4 is 4.74 Å². The van der Waals surface area contributed by atoms with Crippen LogP contribution in [0, 0.1) is 0 Å². The number of sulfonamides is 1. The number of likely N-dealkylation sites (tertiary alicyclic amines) is 1. The Hall–Kier alpha value is -1.31. The predicted octanol–water partition coefficient (Wildman–Crippen LogP) is 6.40. The van der Waals surface area contributed by atoms with Crippen LogP contribution in [0.15, 0.2) is 53.4 Å². The molecule has 3 rings (SSSR count). The fourth-order valence-electron chi connectivity index (χ4n) is 4.38. The van der Waals surface area contributed by atoms with E-state index < -0.39 is 10.0 Å². The molecule has 0 bridgehead atoms. The molecule has 0 saturated carbocycles. The summed E-state index contributed by atoms with van der Waals surface area (Å²) in [6.45, 7) is 8.36. The van der Waals surface area contributed by atoms with Crippen molar-refractivity contribution in [3.8, 4) is 5.75 Å². The van der Waals surface area contributed by atoms with E-state index in [0.29, 0.717) is 11.6 Å². The zero-order valence-electron chi connectivity index (χ0n) is 20.3. The molecule has 1 aliphatic heterocycles. The van der Waals surface area contributed by atoms with Crippen LogP contribution >= 0.6 is 24.0 Å². The van der Waals surface area contributed by atoms with Crippen molar-refractivity contribution < 1.29 is 13.2 Å². The van der Waals surface area contributed by atoms with Gasteiger partial charge in [-0.3, -0.25) is 0 Å². The molecule has 0 spiro atoms. The van der Waals surface area contributed by atoms with Gasteiger partial charge in [0.25, 0.3) is 0 Å². The Morgan fingerprint density at radius 3 is 2.41 bits per heavy atom. The van der Waals surface area contributed by atoms with Gasteiger partial charge in [-0.1, -0.05) is 49.6 Å². The maximum Gasteiger partial charge on any atom is 0.243 e. The number of hydrogen-bond donors (Lipinski definition) is 0. The van der Waals surface area contributed by atoms with E-state index in [1.807, 2.05) is 31.2 Å². The molecule has 1 saturated heterocycles. The average Bonchev–Trinajstić information content (AvgIpc) is 2.82. The van der Waals surface area contributed by atoms with Crippen LogP contribution in [0.5, 0.6) is 5.75 Å². The SMILES string of the molecule is CCC[C@H](C)N(Cc1ccccc1OCCCN1CCCCC1)S(=O)(=O)c1ccc(Cl)cc1.Cl. The number of piperidine rings is 1. The van der Waals surface area contributed by atoms with Crippen LogP contribution in [0.25, 0.3) is 0 Å². The highest BCUT2D eigenvalue weighted by atomic mass is 35.5. The quantitative estimate of drug-likeness (QED) is 0.299. The minimum Gasteiger partial charge on any atom is -0.493 e. The van der Waals surface area contributed by atoms with Crippen LogP contribution in [0.2, 0.25) is 5.02 Å². The Labute approximate surface area is 216 Å². The Bertz CT molecular complexity index is 964. The lowest BCUT2D eigenvalue weighted by Gasteiger charge is -2.29. The molecule has 1 fully saturated rings. The zero-order valence-corrected chi connectivity index (χ0v) is 22.7. The Morgan fingerprint density at radius 1 is 1.06 bits per heavy atom. The van der Waals surface area contributed by atoms with Gasteiger partial charge in [0, 0.05) is 29.7 Å². The minimum absolute atomic E-state index is 0. The summed E-state index contributed by atoms with van der Waals surface area (Å²) < 4.78 is 34.8. The van der Waals surface area contributed by atoms with Crippen molar-refractivity contribution in [3.63, 3.8) is 0 Å². The standard InChI is InChI=1S/C26H37ClN2O3S.ClH/c1-3-10-22(2)29(33(30,31)25-15-13-24(27)14-16-25)21-23-11-5-6-12-26(23)32-20-9-19-28-17-7-4-8-18-28;/h5-6,11-16,22H,3-4,7-10,17-21H2,1-2H3;1H/t22-;/m0./s1. The predicted molar refractivity (Wildman–Crippen MR) is 143 cm³/mol. The number of hydrogen-bond acceptors (Lipinski definition) is 4. The molecule has 8 heteroatoms. The van der Waals surface area contributed by atoms with E-state index in [-0.39, 0.29) is 29.9 Å². The first-order valence-corrected chi connectivity index (χ1v) is 13.9. The molecule has 0 N–H and O–H groups in total. The molecular weight excluding hydrogens is 491 g/mol. The van der Waals surface area contributed by atoms with E-state index in [2.05, 4.69) is 11.8 Å². The van der Waals surface area contributed by atoms with E-state index in [1.165, 1.54) is 32.4 Å². The van der Waals surface area contributed by atoms with Crippen LogP contribution in [-0.4, -0.2) is 49.9 Å². The summed E-state index contributed by atoms with van der Waals surface area (Å²) in [6, 6.07) is 14.0. The van der Waals surface area contributed by atoms with E-state index in [9.17, 15) is 8.42 Å². The van der Waals surface area contributed by atoms with Crippen molar-refractivity contribution in [3.05, 3.63) is 59.1 Å². The minimum atomic E-state index is -3.68. The van der Waals surface area contributed by atoms with E-state index >= 15 is 0 Å². The molecule has 34 heavy (non-hydrogen) atoms. The van der Waals surface area contributed by atoms with Crippen LogP contribution in [0.4, 0.5) is 0 Å². The van der Waals surface area contributed by atoms with Crippen LogP contribution in [-0.2, 0) is 16.6 Å². The molecule has 1 atom stereocenters. The van der Waals surface area contributed by atoms with Crippen molar-refractivity contribution >= 4 is 34.0 Å². The number of rotatable bonds is 12. The molecule has 0 unspecified atom stereocenters. The molecule has 0 aromatic heterocycles. The third kappa shape index (κ3) is 8.13. The van der Waals surface area contributed by atoms with Gasteiger partial charge in [0.1, 0.15) is 5.75 Å². The maximum atomic E-state index is 13.5. The van der Waals surface area contributed by atoms with Gasteiger partial charge in [-0.05, 0) is 76.0 Å². The summed E-state index contributed by atoms with van der Waals surface area (Å²) in [7, 11) is -3.68. The Balaban J connectivity index is 0.00000408. The van der Waals surface area contributed by atoms with Gasteiger partial charge in [-0.25, -0.2) is 8.42 Å². The van der Waals surface area contributed by atoms with Crippen LogP contribution in [0.1, 0.15) is 57.9 Å². The smallest absolute Gasteiger partial charge is 0.243 e. The fraction of sp³-hybridized carbons (Fsp3) is 0.538. The van der Waals surface area contributed by atoms with Gasteiger partial charge in [0.2, 0.25) is 10.0 Å². The van der Waals surface area contributed by atoms with Crippen molar-refractivity contribution in [2.45, 2.75) is 69.9 Å². The highest BCUT2D eigenvalue weighted by Gasteiger charge is 2.29. The first kappa shape index (κ1) is 28.9. The molecule has 5 nitrogen and oxygen atoms in total. The summed E-state index contributed by atoms with van der Waals surface area (Å²) in [5.74, 6) is 0.760. The van der Waals surface area contributed by atoms with E-state index in [0.717, 1.165) is 37.1 Å². The number of para-hydroxylation sites is 1. The lowest BCUT2D eigenvalue weighted by atomic mass is 10.1. The van der Waals surface area contributed by atoms with Gasteiger partial charge < -0.3 is 9.64 Å². The summed E-state index contributed by atoms with van der Waals surface area (Å²) in [5.41, 5.74) is 0.885. The largest absolute Gasteiger partial charge is 0.493 e. The molecule has 190 valence electrons. The molecule has 1 heterocycles. The molecule has 0 amide bonds. The van der Waals surface area contributed by atoms with Gasteiger partial charge >= 0.3 is 0 Å². The molecular formula is C26H38Cl2N2O3S. The van der Waals surface area contributed by atoms with Gasteiger partial charge in [-0.15, -0.1) is 12.4 Å². The van der Waals surface area contributed by atoms with Crippen molar-refractivity contribution in [2.24, 2.45) is 0 Å². The third-order valence-electron chi connectivity index (χ3n) is 6.24. The highest BCUT2D eigenvalue weighted by molar-refractivity contribution is 7.89. The monoisotopic (exact) mass is 528 g/mol. The van der Waals surface area contributed by atoms with Gasteiger partial charge in [-0.2, -0.15) is 4.31 Å². The van der Waals surface area contributed by atoms with E-state index in [1.54, 1.807) is 28.6 Å².